The number of aliphatic imine (C=N–C) groups is 1. The summed E-state index contributed by atoms with van der Waals surface area (Å²) in [5.74, 6) is 3.10. The highest BCUT2D eigenvalue weighted by atomic mass is 14.6. The average Bonchev–Trinajstić information content (AvgIpc) is 2.66. The van der Waals surface area contributed by atoms with Crippen LogP contribution in [0.25, 0.3) is 16.7 Å². The molecule has 0 fully saturated rings. The summed E-state index contributed by atoms with van der Waals surface area (Å²) in [4.78, 5) is 4.03. The number of nitrogens with zero attached hydrogens (tertiary/aromatic N) is 1. The summed E-state index contributed by atoms with van der Waals surface area (Å²) in [5.41, 5.74) is 6.13. The van der Waals surface area contributed by atoms with Crippen LogP contribution in [0.15, 0.2) is 53.5 Å². The van der Waals surface area contributed by atoms with E-state index < -0.39 is 0 Å². The van der Waals surface area contributed by atoms with E-state index in [-0.39, 0.29) is 0 Å². The molecule has 1 nitrogen and oxygen atoms in total. The molecule has 1 aliphatic rings. The Morgan fingerprint density at radius 1 is 0.750 bits per heavy atom. The Balaban J connectivity index is 2.44. The molecular weight excluding hydrogens is 194 g/mol. The van der Waals surface area contributed by atoms with Crippen LogP contribution >= 0.6 is 0 Å². The van der Waals surface area contributed by atoms with E-state index in [1.807, 2.05) is 0 Å². The molecule has 1 aliphatic carbocycles. The molecule has 76 valence electrons. The van der Waals surface area contributed by atoms with Crippen LogP contribution in [0.1, 0.15) is 11.1 Å². The second kappa shape index (κ2) is 3.48. The highest BCUT2D eigenvalue weighted by Gasteiger charge is 2.22. The zero-order valence-corrected chi connectivity index (χ0v) is 9.07. The second-order valence-electron chi connectivity index (χ2n) is 3.80. The van der Waals surface area contributed by atoms with Gasteiger partial charge in [-0.2, -0.15) is 0 Å². The number of rotatable bonds is 0. The predicted molar refractivity (Wildman–Crippen MR) is 67.7 cm³/mol. The van der Waals surface area contributed by atoms with Crippen molar-refractivity contribution in [2.24, 2.45) is 4.99 Å². The summed E-state index contributed by atoms with van der Waals surface area (Å²) in [6.45, 7) is 0. The number of fused-ring (bicyclic) bond motifs is 3. The zero-order chi connectivity index (χ0) is 11.0. The lowest BCUT2D eigenvalue weighted by molar-refractivity contribution is 1.48. The van der Waals surface area contributed by atoms with Crippen LogP contribution < -0.4 is 0 Å². The van der Waals surface area contributed by atoms with Crippen molar-refractivity contribution in [2.45, 2.75) is 0 Å². The van der Waals surface area contributed by atoms with Crippen molar-refractivity contribution in [3.63, 3.8) is 0 Å². The summed E-state index contributed by atoms with van der Waals surface area (Å²) in [7, 11) is 1.76. The van der Waals surface area contributed by atoms with Crippen LogP contribution in [0.4, 0.5) is 0 Å². The number of hydrogen-bond donors (Lipinski definition) is 0. The smallest absolute Gasteiger partial charge is 0.0513 e. The Morgan fingerprint density at radius 2 is 1.19 bits per heavy atom. The molecule has 1 heteroatoms. The highest BCUT2D eigenvalue weighted by Crippen LogP contribution is 2.42. The Kier molecular flexibility index (Phi) is 1.99. The summed E-state index contributed by atoms with van der Waals surface area (Å²) in [6.07, 6.45) is 0. The first-order chi connectivity index (χ1) is 7.92. The van der Waals surface area contributed by atoms with E-state index in [9.17, 15) is 0 Å². The third kappa shape index (κ3) is 1.16. The first-order valence-corrected chi connectivity index (χ1v) is 5.33. The Morgan fingerprint density at radius 3 is 1.62 bits per heavy atom. The fourth-order valence-corrected chi connectivity index (χ4v) is 2.25. The summed E-state index contributed by atoms with van der Waals surface area (Å²) in [6, 6.07) is 16.8. The maximum absolute atomic E-state index is 4.03. The minimum atomic E-state index is 1.11. The van der Waals surface area contributed by atoms with Crippen molar-refractivity contribution >= 4 is 11.4 Å². The van der Waals surface area contributed by atoms with Gasteiger partial charge in [0.05, 0.1) is 5.57 Å². The highest BCUT2D eigenvalue weighted by molar-refractivity contribution is 6.10. The molecule has 0 heterocycles. The maximum atomic E-state index is 4.03. The monoisotopic (exact) mass is 205 g/mol. The Bertz CT molecular complexity index is 569. The molecule has 0 spiro atoms. The molecule has 0 atom stereocenters. The Hall–Kier alpha value is -2.11. The Labute approximate surface area is 94.8 Å². The van der Waals surface area contributed by atoms with Crippen molar-refractivity contribution in [3.05, 3.63) is 59.7 Å². The van der Waals surface area contributed by atoms with Gasteiger partial charge >= 0.3 is 0 Å². The van der Waals surface area contributed by atoms with Crippen molar-refractivity contribution in [1.82, 2.24) is 0 Å². The molecule has 16 heavy (non-hydrogen) atoms. The van der Waals surface area contributed by atoms with Crippen LogP contribution in [-0.2, 0) is 0 Å². The quantitative estimate of drug-likeness (QED) is 0.499. The van der Waals surface area contributed by atoms with Gasteiger partial charge in [0.1, 0.15) is 0 Å². The molecule has 0 aliphatic heterocycles. The first-order valence-electron chi connectivity index (χ1n) is 5.33. The van der Waals surface area contributed by atoms with Gasteiger partial charge in [0, 0.05) is 7.05 Å². The summed E-state index contributed by atoms with van der Waals surface area (Å²) >= 11 is 0. The fraction of sp³-hybridized carbons (Fsp3) is 0.0667. The van der Waals surface area contributed by atoms with E-state index in [1.54, 1.807) is 7.05 Å². The lowest BCUT2D eigenvalue weighted by Crippen LogP contribution is -1.80. The molecule has 0 saturated heterocycles. The summed E-state index contributed by atoms with van der Waals surface area (Å²) < 4.78 is 0. The van der Waals surface area contributed by atoms with Crippen LogP contribution in [0.3, 0.4) is 0 Å². The topological polar surface area (TPSA) is 12.4 Å². The van der Waals surface area contributed by atoms with Crippen molar-refractivity contribution < 1.29 is 0 Å². The van der Waals surface area contributed by atoms with Gasteiger partial charge in [-0.3, -0.25) is 0 Å². The normalized spacial score (nSPS) is 11.7. The lowest BCUT2D eigenvalue weighted by atomic mass is 10.1. The molecule has 0 N–H and O–H groups in total. The van der Waals surface area contributed by atoms with E-state index in [4.69, 9.17) is 0 Å². The standard InChI is InChI=1S/C15H11N/c1-16-10-15-13-8-4-2-6-11(13)12-7-3-5-9-14(12)15/h2-9H,1H3. The van der Waals surface area contributed by atoms with Gasteiger partial charge in [-0.1, -0.05) is 48.5 Å². The van der Waals surface area contributed by atoms with E-state index in [0.717, 1.165) is 5.57 Å². The van der Waals surface area contributed by atoms with Gasteiger partial charge in [-0.05, 0) is 28.1 Å². The van der Waals surface area contributed by atoms with Crippen LogP contribution in [-0.4, -0.2) is 12.9 Å². The lowest BCUT2D eigenvalue weighted by Gasteiger charge is -1.97. The molecule has 0 amide bonds. The summed E-state index contributed by atoms with van der Waals surface area (Å²) in [5, 5.41) is 0. The fourth-order valence-electron chi connectivity index (χ4n) is 2.25. The second-order valence-corrected chi connectivity index (χ2v) is 3.80. The van der Waals surface area contributed by atoms with Gasteiger partial charge in [0.2, 0.25) is 0 Å². The van der Waals surface area contributed by atoms with Crippen LogP contribution in [0, 0.1) is 0 Å². The average molecular weight is 205 g/mol. The molecular formula is C15H11N. The largest absolute Gasteiger partial charge is 0.246 e. The van der Waals surface area contributed by atoms with Gasteiger partial charge < -0.3 is 0 Å². The molecule has 2 aromatic carbocycles. The van der Waals surface area contributed by atoms with Gasteiger partial charge in [0.25, 0.3) is 0 Å². The molecule has 3 rings (SSSR count). The molecule has 0 saturated carbocycles. The van der Waals surface area contributed by atoms with Gasteiger partial charge in [-0.25, -0.2) is 4.99 Å². The SMILES string of the molecule is CN=C=C1c2ccccc2-c2ccccc21. The maximum Gasteiger partial charge on any atom is 0.0513 e. The van der Waals surface area contributed by atoms with Crippen LogP contribution in [0.5, 0.6) is 0 Å². The minimum absolute atomic E-state index is 1.11. The van der Waals surface area contributed by atoms with E-state index in [0.29, 0.717) is 0 Å². The molecule has 0 unspecified atom stereocenters. The van der Waals surface area contributed by atoms with Crippen LogP contribution in [0.2, 0.25) is 0 Å². The van der Waals surface area contributed by atoms with Crippen molar-refractivity contribution in [3.8, 4) is 11.1 Å². The molecule has 2 aromatic rings. The first kappa shape index (κ1) is 9.14. The molecule has 0 bridgehead atoms. The van der Waals surface area contributed by atoms with E-state index in [1.165, 1.54) is 22.3 Å². The third-order valence-electron chi connectivity index (χ3n) is 2.91. The molecule has 0 aromatic heterocycles. The van der Waals surface area contributed by atoms with Crippen molar-refractivity contribution in [2.75, 3.05) is 7.05 Å². The van der Waals surface area contributed by atoms with Gasteiger partial charge in [-0.15, -0.1) is 0 Å². The molecule has 0 radical (unpaired) electrons. The zero-order valence-electron chi connectivity index (χ0n) is 9.07. The van der Waals surface area contributed by atoms with Gasteiger partial charge in [0.15, 0.2) is 0 Å². The number of hydrogen-bond acceptors (Lipinski definition) is 1. The third-order valence-corrected chi connectivity index (χ3v) is 2.91. The van der Waals surface area contributed by atoms with Crippen molar-refractivity contribution in [1.29, 1.82) is 0 Å². The minimum Gasteiger partial charge on any atom is -0.246 e. The van der Waals surface area contributed by atoms with E-state index >= 15 is 0 Å². The number of benzene rings is 2. The van der Waals surface area contributed by atoms with E-state index in [2.05, 4.69) is 59.4 Å². The predicted octanol–water partition coefficient (Wildman–Crippen LogP) is 3.40.